The van der Waals surface area contributed by atoms with E-state index in [1.54, 1.807) is 18.2 Å². The van der Waals surface area contributed by atoms with Crippen LogP contribution >= 0.6 is 0 Å². The molecule has 14 heavy (non-hydrogen) atoms. The number of hydrogen-bond donors (Lipinski definition) is 1. The molecule has 0 aliphatic rings. The molecule has 0 bridgehead atoms. The van der Waals surface area contributed by atoms with Gasteiger partial charge in [-0.2, -0.15) is 8.42 Å². The Morgan fingerprint density at radius 3 is 1.93 bits per heavy atom. The zero-order valence-electron chi connectivity index (χ0n) is 7.46. The van der Waals surface area contributed by atoms with Gasteiger partial charge in [-0.25, -0.2) is 5.11 Å². The molecule has 0 atom stereocenters. The largest absolute Gasteiger partial charge is 0.294 e. The van der Waals surface area contributed by atoms with Gasteiger partial charge in [0.15, 0.2) is 0 Å². The first-order valence-corrected chi connectivity index (χ1v) is 5.18. The molecule has 1 rings (SSSR count). The Morgan fingerprint density at radius 2 is 1.71 bits per heavy atom. The minimum Gasteiger partial charge on any atom is -0.282 e. The van der Waals surface area contributed by atoms with E-state index in [1.807, 2.05) is 0 Å². The lowest BCUT2D eigenvalue weighted by molar-refractivity contribution is 0.232. The molecule has 1 N–H and O–H groups in total. The molecule has 0 fully saturated rings. The maximum atomic E-state index is 10.4. The van der Waals surface area contributed by atoms with Crippen LogP contribution in [0.4, 0.5) is 0 Å². The van der Waals surface area contributed by atoms with E-state index in [-0.39, 0.29) is 11.5 Å². The third-order valence-electron chi connectivity index (χ3n) is 1.16. The highest BCUT2D eigenvalue weighted by Crippen LogP contribution is 2.05. The summed E-state index contributed by atoms with van der Waals surface area (Å²) in [5.41, 5.74) is 0. The maximum absolute atomic E-state index is 10.4. The molecular weight excluding hydrogens is 204 g/mol. The lowest BCUT2D eigenvalue weighted by Crippen LogP contribution is -1.96. The second-order valence-corrected chi connectivity index (χ2v) is 3.66. The molecule has 0 unspecified atom stereocenters. The average Bonchev–Trinajstić information content (AvgIpc) is 2.18. The zero-order valence-corrected chi connectivity index (χ0v) is 8.28. The summed E-state index contributed by atoms with van der Waals surface area (Å²) in [6, 6.07) is 7.42. The third kappa shape index (κ3) is 5.47. The molecule has 0 aromatic heterocycles. The van der Waals surface area contributed by atoms with E-state index >= 15 is 0 Å². The molecule has 0 heterocycles. The second kappa shape index (κ2) is 6.31. The fourth-order valence-corrected chi connectivity index (χ4v) is 1.09. The second-order valence-electron chi connectivity index (χ2n) is 2.24. The Bertz CT molecular complexity index is 356. The van der Waals surface area contributed by atoms with Crippen LogP contribution in [0.25, 0.3) is 0 Å². The van der Waals surface area contributed by atoms with E-state index in [2.05, 4.69) is 6.58 Å². The fourth-order valence-electron chi connectivity index (χ4n) is 0.592. The van der Waals surface area contributed by atoms with Gasteiger partial charge in [0.2, 0.25) is 0 Å². The molecule has 5 heteroatoms. The van der Waals surface area contributed by atoms with Crippen LogP contribution in [0.2, 0.25) is 0 Å². The highest BCUT2D eigenvalue weighted by molar-refractivity contribution is 7.85. The zero-order chi connectivity index (χ0) is 11.0. The molecule has 0 aliphatic carbocycles. The van der Waals surface area contributed by atoms with E-state index in [0.717, 1.165) is 0 Å². The lowest BCUT2D eigenvalue weighted by Gasteiger charge is -1.92. The summed E-state index contributed by atoms with van der Waals surface area (Å²) in [5.74, 6) is 0. The van der Waals surface area contributed by atoms with Crippen LogP contribution in [0, 0.1) is 0 Å². The summed E-state index contributed by atoms with van der Waals surface area (Å²) in [6.45, 7) is 3.00. The molecule has 0 spiro atoms. The molecule has 1 aromatic carbocycles. The van der Waals surface area contributed by atoms with Crippen molar-refractivity contribution < 1.29 is 18.1 Å². The number of rotatable bonds is 2. The smallest absolute Gasteiger partial charge is 0.282 e. The van der Waals surface area contributed by atoms with Crippen LogP contribution in [0.1, 0.15) is 0 Å². The Balaban J connectivity index is 0.000000364. The van der Waals surface area contributed by atoms with Gasteiger partial charge in [0.25, 0.3) is 10.1 Å². The van der Waals surface area contributed by atoms with Crippen molar-refractivity contribution in [3.8, 4) is 0 Å². The minimum atomic E-state index is -4.00. The molecule has 0 amide bonds. The van der Waals surface area contributed by atoms with Crippen LogP contribution in [0.5, 0.6) is 0 Å². The van der Waals surface area contributed by atoms with Gasteiger partial charge in [-0.05, 0) is 12.1 Å². The summed E-state index contributed by atoms with van der Waals surface area (Å²) < 4.78 is 29.2. The molecule has 1 aromatic rings. The molecule has 1 radical (unpaired) electrons. The van der Waals surface area contributed by atoms with E-state index < -0.39 is 10.1 Å². The highest BCUT2D eigenvalue weighted by Gasteiger charge is 2.05. The predicted molar refractivity (Wildman–Crippen MR) is 52.0 cm³/mol. The Labute approximate surface area is 83.3 Å². The topological polar surface area (TPSA) is 74.3 Å². The summed E-state index contributed by atoms with van der Waals surface area (Å²) in [4.78, 5) is -0.0741. The molecular formula is C9H11O4S. The SMILES string of the molecule is C=CC[O].O=S(=O)(O)c1ccccc1. The van der Waals surface area contributed by atoms with E-state index in [0.29, 0.717) is 0 Å². The van der Waals surface area contributed by atoms with Crippen LogP contribution in [0.15, 0.2) is 47.9 Å². The number of benzene rings is 1. The van der Waals surface area contributed by atoms with Crippen LogP contribution in [-0.4, -0.2) is 19.6 Å². The van der Waals surface area contributed by atoms with Gasteiger partial charge in [0.1, 0.15) is 6.61 Å². The van der Waals surface area contributed by atoms with Gasteiger partial charge in [-0.1, -0.05) is 24.3 Å². The van der Waals surface area contributed by atoms with Crippen molar-refractivity contribution in [1.29, 1.82) is 0 Å². The molecule has 0 saturated heterocycles. The van der Waals surface area contributed by atoms with E-state index in [1.165, 1.54) is 18.2 Å². The van der Waals surface area contributed by atoms with Gasteiger partial charge in [0.05, 0.1) is 4.90 Å². The van der Waals surface area contributed by atoms with Crippen molar-refractivity contribution in [1.82, 2.24) is 0 Å². The number of hydrogen-bond acceptors (Lipinski definition) is 2. The Morgan fingerprint density at radius 1 is 1.29 bits per heavy atom. The summed E-state index contributed by atoms with van der Waals surface area (Å²) in [7, 11) is -4.00. The highest BCUT2D eigenvalue weighted by atomic mass is 32.2. The quantitative estimate of drug-likeness (QED) is 0.600. The van der Waals surface area contributed by atoms with Crippen molar-refractivity contribution in [3.05, 3.63) is 43.0 Å². The normalized spacial score (nSPS) is 9.86. The first kappa shape index (κ1) is 12.8. The van der Waals surface area contributed by atoms with Crippen molar-refractivity contribution in [3.63, 3.8) is 0 Å². The Kier molecular flexibility index (Phi) is 5.78. The fraction of sp³-hybridized carbons (Fsp3) is 0.111. The van der Waals surface area contributed by atoms with Gasteiger partial charge >= 0.3 is 0 Å². The average molecular weight is 215 g/mol. The van der Waals surface area contributed by atoms with Gasteiger partial charge < -0.3 is 0 Å². The molecule has 0 saturated carbocycles. The summed E-state index contributed by atoms with van der Waals surface area (Å²) in [5, 5.41) is 9.18. The van der Waals surface area contributed by atoms with Crippen molar-refractivity contribution in [2.75, 3.05) is 6.61 Å². The standard InChI is InChI=1S/C6H6O3S.C3H5O/c7-10(8,9)6-4-2-1-3-5-6;1-2-3-4/h1-5H,(H,7,8,9);2H,1,3H2. The minimum absolute atomic E-state index is 0.0741. The molecule has 4 nitrogen and oxygen atoms in total. The summed E-state index contributed by atoms with van der Waals surface area (Å²) in [6.07, 6.45) is 1.32. The van der Waals surface area contributed by atoms with E-state index in [9.17, 15) is 13.5 Å². The van der Waals surface area contributed by atoms with E-state index in [4.69, 9.17) is 4.55 Å². The first-order chi connectivity index (χ1) is 6.52. The van der Waals surface area contributed by atoms with Gasteiger partial charge in [0, 0.05) is 0 Å². The van der Waals surface area contributed by atoms with Crippen LogP contribution in [0.3, 0.4) is 0 Å². The van der Waals surface area contributed by atoms with Crippen molar-refractivity contribution in [2.24, 2.45) is 0 Å². The van der Waals surface area contributed by atoms with Crippen LogP contribution in [-0.2, 0) is 15.2 Å². The Hall–Kier alpha value is -1.17. The van der Waals surface area contributed by atoms with Gasteiger partial charge in [-0.3, -0.25) is 4.55 Å². The third-order valence-corrected chi connectivity index (χ3v) is 2.03. The summed E-state index contributed by atoms with van der Waals surface area (Å²) >= 11 is 0. The maximum Gasteiger partial charge on any atom is 0.294 e. The van der Waals surface area contributed by atoms with Gasteiger partial charge in [-0.15, -0.1) is 6.58 Å². The first-order valence-electron chi connectivity index (χ1n) is 3.74. The molecule has 77 valence electrons. The lowest BCUT2D eigenvalue weighted by atomic mass is 10.4. The predicted octanol–water partition coefficient (Wildman–Crippen LogP) is 1.54. The van der Waals surface area contributed by atoms with Crippen molar-refractivity contribution >= 4 is 10.1 Å². The van der Waals surface area contributed by atoms with Crippen molar-refractivity contribution in [2.45, 2.75) is 4.90 Å². The monoisotopic (exact) mass is 215 g/mol. The molecule has 0 aliphatic heterocycles. The van der Waals surface area contributed by atoms with Crippen LogP contribution < -0.4 is 0 Å².